The number of ether oxygens (including phenoxy) is 1. The lowest BCUT2D eigenvalue weighted by Crippen LogP contribution is -2.14. The van der Waals surface area contributed by atoms with E-state index in [0.29, 0.717) is 17.3 Å². The van der Waals surface area contributed by atoms with Crippen molar-refractivity contribution in [2.24, 2.45) is 0 Å². The highest BCUT2D eigenvalue weighted by Gasteiger charge is 2.19. The minimum Gasteiger partial charge on any atom is -0.457 e. The molecule has 0 saturated heterocycles. The summed E-state index contributed by atoms with van der Waals surface area (Å²) in [6, 6.07) is 34.3. The summed E-state index contributed by atoms with van der Waals surface area (Å²) in [6.07, 6.45) is 0. The van der Waals surface area contributed by atoms with Gasteiger partial charge in [0.15, 0.2) is 5.82 Å². The van der Waals surface area contributed by atoms with Gasteiger partial charge in [-0.25, -0.2) is 9.67 Å². The van der Waals surface area contributed by atoms with Gasteiger partial charge in [0, 0.05) is 11.3 Å². The molecule has 0 aliphatic carbocycles. The van der Waals surface area contributed by atoms with Crippen LogP contribution < -0.4 is 10.1 Å². The maximum Gasteiger partial charge on any atom is 0.295 e. The zero-order chi connectivity index (χ0) is 23.3. The van der Waals surface area contributed by atoms with E-state index in [-0.39, 0.29) is 11.7 Å². The highest BCUT2D eigenvalue weighted by molar-refractivity contribution is 6.01. The number of hydrogen-bond donors (Lipinski definition) is 1. The zero-order valence-electron chi connectivity index (χ0n) is 18.6. The Kier molecular flexibility index (Phi) is 5.86. The Labute approximate surface area is 197 Å². The van der Waals surface area contributed by atoms with Gasteiger partial charge >= 0.3 is 0 Å². The number of amides is 1. The largest absolute Gasteiger partial charge is 0.457 e. The molecule has 0 bridgehead atoms. The SMILES string of the molecule is Cc1ccc(-c2nc(C(=O)Nc3ccc(Oc4ccccc4)cc3)nn2-c2ccccc2)cc1. The molecule has 0 atom stereocenters. The van der Waals surface area contributed by atoms with E-state index in [1.807, 2.05) is 91.9 Å². The average molecular weight is 447 g/mol. The number of aryl methyl sites for hydroxylation is 1. The van der Waals surface area contributed by atoms with E-state index in [1.54, 1.807) is 28.9 Å². The van der Waals surface area contributed by atoms with Crippen LogP contribution in [0.5, 0.6) is 11.5 Å². The second kappa shape index (κ2) is 9.42. The van der Waals surface area contributed by atoms with Crippen molar-refractivity contribution in [2.75, 3.05) is 5.32 Å². The number of benzene rings is 4. The standard InChI is InChI=1S/C28H22N4O2/c1-20-12-14-21(15-13-20)27-30-26(31-32(27)23-8-4-2-5-9-23)28(33)29-22-16-18-25(19-17-22)34-24-10-6-3-7-11-24/h2-19H,1H3,(H,29,33). The second-order valence-corrected chi connectivity index (χ2v) is 7.77. The van der Waals surface area contributed by atoms with Gasteiger partial charge in [0.2, 0.25) is 5.82 Å². The molecule has 6 nitrogen and oxygen atoms in total. The van der Waals surface area contributed by atoms with Crippen molar-refractivity contribution in [1.82, 2.24) is 14.8 Å². The van der Waals surface area contributed by atoms with Gasteiger partial charge in [-0.15, -0.1) is 5.10 Å². The molecule has 0 fully saturated rings. The highest BCUT2D eigenvalue weighted by Crippen LogP contribution is 2.24. The van der Waals surface area contributed by atoms with Crippen LogP contribution in [-0.4, -0.2) is 20.7 Å². The molecular weight excluding hydrogens is 424 g/mol. The van der Waals surface area contributed by atoms with Crippen molar-refractivity contribution in [2.45, 2.75) is 6.92 Å². The number of carbonyl (C=O) groups excluding carboxylic acids is 1. The van der Waals surface area contributed by atoms with Gasteiger partial charge in [-0.1, -0.05) is 66.2 Å². The fraction of sp³-hybridized carbons (Fsp3) is 0.0357. The molecule has 1 heterocycles. The average Bonchev–Trinajstić information content (AvgIpc) is 3.33. The number of para-hydroxylation sites is 2. The summed E-state index contributed by atoms with van der Waals surface area (Å²) in [7, 11) is 0. The van der Waals surface area contributed by atoms with Crippen LogP contribution in [0.25, 0.3) is 17.1 Å². The Morgan fingerprint density at radius 1 is 0.765 bits per heavy atom. The fourth-order valence-corrected chi connectivity index (χ4v) is 3.46. The first kappa shape index (κ1) is 21.2. The molecule has 5 aromatic rings. The summed E-state index contributed by atoms with van der Waals surface area (Å²) in [5.41, 5.74) is 3.47. The third kappa shape index (κ3) is 4.71. The second-order valence-electron chi connectivity index (χ2n) is 7.77. The van der Waals surface area contributed by atoms with E-state index in [9.17, 15) is 4.79 Å². The molecule has 0 saturated carbocycles. The van der Waals surface area contributed by atoms with Crippen molar-refractivity contribution in [1.29, 1.82) is 0 Å². The third-order valence-electron chi connectivity index (χ3n) is 5.21. The molecule has 0 aliphatic heterocycles. The maximum absolute atomic E-state index is 13.0. The van der Waals surface area contributed by atoms with Gasteiger partial charge in [-0.3, -0.25) is 4.79 Å². The molecule has 34 heavy (non-hydrogen) atoms. The first-order valence-corrected chi connectivity index (χ1v) is 10.9. The van der Waals surface area contributed by atoms with Crippen LogP contribution in [0.3, 0.4) is 0 Å². The molecule has 4 aromatic carbocycles. The van der Waals surface area contributed by atoms with Crippen molar-refractivity contribution in [3.05, 3.63) is 121 Å². The Morgan fingerprint density at radius 2 is 1.38 bits per heavy atom. The Balaban J connectivity index is 1.39. The van der Waals surface area contributed by atoms with Crippen LogP contribution >= 0.6 is 0 Å². The van der Waals surface area contributed by atoms with E-state index in [1.165, 1.54) is 0 Å². The summed E-state index contributed by atoms with van der Waals surface area (Å²) in [4.78, 5) is 17.6. The lowest BCUT2D eigenvalue weighted by atomic mass is 10.1. The van der Waals surface area contributed by atoms with Gasteiger partial charge in [0.05, 0.1) is 5.69 Å². The minimum atomic E-state index is -0.389. The minimum absolute atomic E-state index is 0.0871. The van der Waals surface area contributed by atoms with Crippen molar-refractivity contribution in [3.8, 4) is 28.6 Å². The predicted molar refractivity (Wildman–Crippen MR) is 132 cm³/mol. The van der Waals surface area contributed by atoms with Crippen LogP contribution in [0.4, 0.5) is 5.69 Å². The molecule has 0 unspecified atom stereocenters. The summed E-state index contributed by atoms with van der Waals surface area (Å²) in [5, 5.41) is 7.39. The molecule has 166 valence electrons. The number of anilines is 1. The van der Waals surface area contributed by atoms with E-state index >= 15 is 0 Å². The molecule has 1 N–H and O–H groups in total. The third-order valence-corrected chi connectivity index (χ3v) is 5.21. The summed E-state index contributed by atoms with van der Waals surface area (Å²) < 4.78 is 7.50. The van der Waals surface area contributed by atoms with Crippen LogP contribution in [0.2, 0.25) is 0 Å². The monoisotopic (exact) mass is 446 g/mol. The predicted octanol–water partition coefficient (Wildman–Crippen LogP) is 6.29. The molecule has 0 radical (unpaired) electrons. The topological polar surface area (TPSA) is 69.0 Å². The number of hydrogen-bond acceptors (Lipinski definition) is 4. The number of nitrogens with zero attached hydrogens (tertiary/aromatic N) is 3. The van der Waals surface area contributed by atoms with Gasteiger partial charge in [0.25, 0.3) is 5.91 Å². The van der Waals surface area contributed by atoms with Crippen molar-refractivity contribution >= 4 is 11.6 Å². The molecule has 0 aliphatic rings. The van der Waals surface area contributed by atoms with Gasteiger partial charge in [-0.2, -0.15) is 0 Å². The number of rotatable bonds is 6. The van der Waals surface area contributed by atoms with Crippen LogP contribution in [0.15, 0.2) is 109 Å². The molecular formula is C28H22N4O2. The van der Waals surface area contributed by atoms with Gasteiger partial charge in [-0.05, 0) is 55.5 Å². The quantitative estimate of drug-likeness (QED) is 0.333. The van der Waals surface area contributed by atoms with Gasteiger partial charge < -0.3 is 10.1 Å². The molecule has 5 rings (SSSR count). The smallest absolute Gasteiger partial charge is 0.295 e. The summed E-state index contributed by atoms with van der Waals surface area (Å²) in [5.74, 6) is 1.72. The molecule has 1 aromatic heterocycles. The number of aromatic nitrogens is 3. The van der Waals surface area contributed by atoms with Gasteiger partial charge in [0.1, 0.15) is 11.5 Å². The molecule has 6 heteroatoms. The zero-order valence-corrected chi connectivity index (χ0v) is 18.6. The van der Waals surface area contributed by atoms with Crippen molar-refractivity contribution in [3.63, 3.8) is 0 Å². The highest BCUT2D eigenvalue weighted by atomic mass is 16.5. The van der Waals surface area contributed by atoms with E-state index in [4.69, 9.17) is 4.74 Å². The van der Waals surface area contributed by atoms with E-state index < -0.39 is 0 Å². The Morgan fingerprint density at radius 3 is 2.06 bits per heavy atom. The van der Waals surface area contributed by atoms with E-state index in [0.717, 1.165) is 22.6 Å². The van der Waals surface area contributed by atoms with E-state index in [2.05, 4.69) is 15.4 Å². The lowest BCUT2D eigenvalue weighted by Gasteiger charge is -2.07. The lowest BCUT2D eigenvalue weighted by molar-refractivity contribution is 0.101. The maximum atomic E-state index is 13.0. The van der Waals surface area contributed by atoms with Crippen molar-refractivity contribution < 1.29 is 9.53 Å². The summed E-state index contributed by atoms with van der Waals surface area (Å²) in [6.45, 7) is 2.03. The Bertz CT molecular complexity index is 1400. The number of nitrogens with one attached hydrogen (secondary N) is 1. The van der Waals surface area contributed by atoms with Crippen LogP contribution in [-0.2, 0) is 0 Å². The number of carbonyl (C=O) groups is 1. The normalized spacial score (nSPS) is 10.6. The van der Waals surface area contributed by atoms with Crippen LogP contribution in [0.1, 0.15) is 16.2 Å². The molecule has 1 amide bonds. The summed E-state index contributed by atoms with van der Waals surface area (Å²) >= 11 is 0. The fourth-order valence-electron chi connectivity index (χ4n) is 3.46. The first-order chi connectivity index (χ1) is 16.7. The molecule has 0 spiro atoms. The first-order valence-electron chi connectivity index (χ1n) is 10.9. The van der Waals surface area contributed by atoms with Crippen LogP contribution in [0, 0.1) is 6.92 Å². The Hall–Kier alpha value is -4.71.